The lowest BCUT2D eigenvalue weighted by molar-refractivity contribution is 0.0778. The molecule has 0 atom stereocenters. The first-order chi connectivity index (χ1) is 6.79. The van der Waals surface area contributed by atoms with Gasteiger partial charge < -0.3 is 4.90 Å². The van der Waals surface area contributed by atoms with Gasteiger partial charge in [-0.3, -0.25) is 9.78 Å². The first-order valence-corrected chi connectivity index (χ1v) is 4.36. The van der Waals surface area contributed by atoms with Gasteiger partial charge in [0.2, 0.25) is 0 Å². The highest BCUT2D eigenvalue weighted by Crippen LogP contribution is 2.00. The molecule has 1 aromatic heterocycles. The summed E-state index contributed by atoms with van der Waals surface area (Å²) < 4.78 is 0. The van der Waals surface area contributed by atoms with Gasteiger partial charge in [0, 0.05) is 12.7 Å². The number of amides is 1. The van der Waals surface area contributed by atoms with Crippen molar-refractivity contribution in [1.29, 1.82) is 5.26 Å². The van der Waals surface area contributed by atoms with Gasteiger partial charge in [-0.1, -0.05) is 6.07 Å². The number of hydrogen-bond acceptors (Lipinski definition) is 3. The standard InChI is InChI=1S/C10H11N3O/c1-2-13(8-6-11)10(14)9-5-3-4-7-12-9/h3-5,7H,2,8H2,1H3. The van der Waals surface area contributed by atoms with Gasteiger partial charge in [-0.25, -0.2) is 0 Å². The lowest BCUT2D eigenvalue weighted by Crippen LogP contribution is -2.31. The predicted octanol–water partition coefficient (Wildman–Crippen LogP) is 1.07. The molecule has 14 heavy (non-hydrogen) atoms. The zero-order valence-corrected chi connectivity index (χ0v) is 7.97. The molecule has 0 radical (unpaired) electrons. The quantitative estimate of drug-likeness (QED) is 0.668. The monoisotopic (exact) mass is 189 g/mol. The molecule has 4 heteroatoms. The normalized spacial score (nSPS) is 9.14. The Kier molecular flexibility index (Phi) is 3.62. The fourth-order valence-corrected chi connectivity index (χ4v) is 1.06. The van der Waals surface area contributed by atoms with Crippen LogP contribution in [0, 0.1) is 11.3 Å². The van der Waals surface area contributed by atoms with E-state index < -0.39 is 0 Å². The molecule has 0 aliphatic heterocycles. The van der Waals surface area contributed by atoms with E-state index in [0.29, 0.717) is 12.2 Å². The molecule has 0 fully saturated rings. The molecule has 0 unspecified atom stereocenters. The third-order valence-electron chi connectivity index (χ3n) is 1.81. The Morgan fingerprint density at radius 3 is 2.93 bits per heavy atom. The number of carbonyl (C=O) groups is 1. The second kappa shape index (κ2) is 4.97. The van der Waals surface area contributed by atoms with Gasteiger partial charge in [0.05, 0.1) is 6.07 Å². The number of rotatable bonds is 3. The molecular formula is C10H11N3O. The van der Waals surface area contributed by atoms with E-state index in [1.54, 1.807) is 24.4 Å². The minimum absolute atomic E-state index is 0.103. The van der Waals surface area contributed by atoms with E-state index in [1.807, 2.05) is 13.0 Å². The molecular weight excluding hydrogens is 178 g/mol. The van der Waals surface area contributed by atoms with Gasteiger partial charge in [-0.2, -0.15) is 5.26 Å². The summed E-state index contributed by atoms with van der Waals surface area (Å²) in [4.78, 5) is 17.1. The van der Waals surface area contributed by atoms with Crippen molar-refractivity contribution in [3.63, 3.8) is 0 Å². The number of carbonyl (C=O) groups excluding carboxylic acids is 1. The molecule has 4 nitrogen and oxygen atoms in total. The van der Waals surface area contributed by atoms with E-state index >= 15 is 0 Å². The van der Waals surface area contributed by atoms with E-state index in [-0.39, 0.29) is 12.5 Å². The molecule has 0 N–H and O–H groups in total. The Balaban J connectivity index is 2.79. The highest BCUT2D eigenvalue weighted by Gasteiger charge is 2.13. The predicted molar refractivity (Wildman–Crippen MR) is 51.4 cm³/mol. The van der Waals surface area contributed by atoms with Crippen LogP contribution < -0.4 is 0 Å². The number of pyridine rings is 1. The third-order valence-corrected chi connectivity index (χ3v) is 1.81. The maximum Gasteiger partial charge on any atom is 0.273 e. The van der Waals surface area contributed by atoms with Crippen LogP contribution in [-0.2, 0) is 0 Å². The van der Waals surface area contributed by atoms with E-state index in [2.05, 4.69) is 4.98 Å². The average Bonchev–Trinajstić information content (AvgIpc) is 2.26. The molecule has 72 valence electrons. The first-order valence-electron chi connectivity index (χ1n) is 4.36. The molecule has 0 bridgehead atoms. The maximum absolute atomic E-state index is 11.7. The minimum atomic E-state index is -0.199. The van der Waals surface area contributed by atoms with Crippen LogP contribution in [0.2, 0.25) is 0 Å². The fourth-order valence-electron chi connectivity index (χ4n) is 1.06. The van der Waals surface area contributed by atoms with Crippen molar-refractivity contribution < 1.29 is 4.79 Å². The smallest absolute Gasteiger partial charge is 0.273 e. The summed E-state index contributed by atoms with van der Waals surface area (Å²) >= 11 is 0. The molecule has 1 aromatic rings. The van der Waals surface area contributed by atoms with Gasteiger partial charge in [0.1, 0.15) is 12.2 Å². The summed E-state index contributed by atoms with van der Waals surface area (Å²) in [6.07, 6.45) is 1.56. The molecule has 0 saturated heterocycles. The third kappa shape index (κ3) is 2.30. The van der Waals surface area contributed by atoms with Crippen molar-refractivity contribution in [2.24, 2.45) is 0 Å². The second-order valence-corrected chi connectivity index (χ2v) is 2.69. The summed E-state index contributed by atoms with van der Waals surface area (Å²) in [5, 5.41) is 8.50. The van der Waals surface area contributed by atoms with Crippen LogP contribution in [-0.4, -0.2) is 28.9 Å². The Morgan fingerprint density at radius 1 is 1.64 bits per heavy atom. The highest BCUT2D eigenvalue weighted by molar-refractivity contribution is 5.92. The second-order valence-electron chi connectivity index (χ2n) is 2.69. The summed E-state index contributed by atoms with van der Waals surface area (Å²) in [7, 11) is 0. The number of nitrogens with zero attached hydrogens (tertiary/aromatic N) is 3. The summed E-state index contributed by atoms with van der Waals surface area (Å²) in [6.45, 7) is 2.45. The van der Waals surface area contributed by atoms with Gasteiger partial charge in [-0.15, -0.1) is 0 Å². The molecule has 1 amide bonds. The van der Waals surface area contributed by atoms with E-state index in [1.165, 1.54) is 4.90 Å². The zero-order valence-electron chi connectivity index (χ0n) is 7.97. The van der Waals surface area contributed by atoms with Crippen molar-refractivity contribution in [2.45, 2.75) is 6.92 Å². The summed E-state index contributed by atoms with van der Waals surface area (Å²) in [6, 6.07) is 7.09. The maximum atomic E-state index is 11.7. The molecule has 1 heterocycles. The number of nitriles is 1. The van der Waals surface area contributed by atoms with Crippen molar-refractivity contribution in [3.05, 3.63) is 30.1 Å². The molecule has 0 aromatic carbocycles. The van der Waals surface area contributed by atoms with Crippen molar-refractivity contribution in [2.75, 3.05) is 13.1 Å². The van der Waals surface area contributed by atoms with Crippen LogP contribution in [0.25, 0.3) is 0 Å². The number of aromatic nitrogens is 1. The van der Waals surface area contributed by atoms with Crippen molar-refractivity contribution in [1.82, 2.24) is 9.88 Å². The van der Waals surface area contributed by atoms with Gasteiger partial charge in [0.25, 0.3) is 5.91 Å². The fraction of sp³-hybridized carbons (Fsp3) is 0.300. The lowest BCUT2D eigenvalue weighted by Gasteiger charge is -2.15. The van der Waals surface area contributed by atoms with E-state index in [4.69, 9.17) is 5.26 Å². The Hall–Kier alpha value is -1.89. The Labute approximate surface area is 82.8 Å². The molecule has 0 aliphatic rings. The number of hydrogen-bond donors (Lipinski definition) is 0. The SMILES string of the molecule is CCN(CC#N)C(=O)c1ccccn1. The van der Waals surface area contributed by atoms with Crippen LogP contribution in [0.15, 0.2) is 24.4 Å². The summed E-state index contributed by atoms with van der Waals surface area (Å²) in [5.41, 5.74) is 0.379. The van der Waals surface area contributed by atoms with Crippen LogP contribution in [0.3, 0.4) is 0 Å². The minimum Gasteiger partial charge on any atom is -0.324 e. The molecule has 1 rings (SSSR count). The van der Waals surface area contributed by atoms with Crippen LogP contribution in [0.4, 0.5) is 0 Å². The molecule has 0 saturated carbocycles. The van der Waals surface area contributed by atoms with Crippen molar-refractivity contribution >= 4 is 5.91 Å². The van der Waals surface area contributed by atoms with Crippen LogP contribution in [0.1, 0.15) is 17.4 Å². The Morgan fingerprint density at radius 2 is 2.43 bits per heavy atom. The van der Waals surface area contributed by atoms with Crippen LogP contribution >= 0.6 is 0 Å². The first kappa shape index (κ1) is 10.2. The Bertz CT molecular complexity index is 342. The van der Waals surface area contributed by atoms with Crippen molar-refractivity contribution in [3.8, 4) is 6.07 Å². The van der Waals surface area contributed by atoms with Crippen LogP contribution in [0.5, 0.6) is 0 Å². The van der Waals surface area contributed by atoms with Gasteiger partial charge in [0.15, 0.2) is 0 Å². The topological polar surface area (TPSA) is 57.0 Å². The highest BCUT2D eigenvalue weighted by atomic mass is 16.2. The van der Waals surface area contributed by atoms with E-state index in [9.17, 15) is 4.79 Å². The largest absolute Gasteiger partial charge is 0.324 e. The molecule has 0 spiro atoms. The van der Waals surface area contributed by atoms with Gasteiger partial charge in [-0.05, 0) is 19.1 Å². The molecule has 0 aliphatic carbocycles. The lowest BCUT2D eigenvalue weighted by atomic mass is 10.3. The van der Waals surface area contributed by atoms with E-state index in [0.717, 1.165) is 0 Å². The average molecular weight is 189 g/mol. The summed E-state index contributed by atoms with van der Waals surface area (Å²) in [5.74, 6) is -0.199. The van der Waals surface area contributed by atoms with Gasteiger partial charge >= 0.3 is 0 Å². The zero-order chi connectivity index (χ0) is 10.4.